The Morgan fingerprint density at radius 1 is 1.03 bits per heavy atom. The Morgan fingerprint density at radius 2 is 1.76 bits per heavy atom. The van der Waals surface area contributed by atoms with Crippen LogP contribution in [-0.2, 0) is 34.1 Å². The molecule has 38 heavy (non-hydrogen) atoms. The van der Waals surface area contributed by atoms with Crippen molar-refractivity contribution >= 4 is 27.8 Å². The first kappa shape index (κ1) is 27.1. The van der Waals surface area contributed by atoms with Gasteiger partial charge < -0.3 is 19.1 Å². The van der Waals surface area contributed by atoms with E-state index in [1.165, 1.54) is 30.1 Å². The van der Waals surface area contributed by atoms with E-state index in [0.29, 0.717) is 29.2 Å². The van der Waals surface area contributed by atoms with Gasteiger partial charge in [-0.25, -0.2) is 8.42 Å². The van der Waals surface area contributed by atoms with Crippen LogP contribution in [0.3, 0.4) is 0 Å². The van der Waals surface area contributed by atoms with Crippen molar-refractivity contribution < 1.29 is 40.6 Å². The third-order valence-electron chi connectivity index (χ3n) is 6.09. The molecular formula is C26H25F3N2O6S. The number of aryl methyl sites for hydroxylation is 1. The molecule has 0 saturated heterocycles. The van der Waals surface area contributed by atoms with Crippen LogP contribution in [-0.4, -0.2) is 34.9 Å². The Balaban J connectivity index is 1.66. The molecule has 0 saturated carbocycles. The maximum atomic E-state index is 13.2. The van der Waals surface area contributed by atoms with E-state index in [4.69, 9.17) is 14.2 Å². The summed E-state index contributed by atoms with van der Waals surface area (Å²) in [5.41, 5.74) is 1.34. The van der Waals surface area contributed by atoms with E-state index in [-0.39, 0.29) is 36.9 Å². The van der Waals surface area contributed by atoms with E-state index in [1.54, 1.807) is 31.2 Å². The van der Waals surface area contributed by atoms with Crippen LogP contribution in [0.4, 0.5) is 24.5 Å². The third kappa shape index (κ3) is 5.96. The lowest BCUT2D eigenvalue weighted by molar-refractivity contribution is -0.137. The number of anilines is 2. The molecule has 0 fully saturated rings. The van der Waals surface area contributed by atoms with Crippen molar-refractivity contribution in [2.45, 2.75) is 26.3 Å². The van der Waals surface area contributed by atoms with E-state index < -0.39 is 21.8 Å². The molecule has 0 unspecified atom stereocenters. The highest BCUT2D eigenvalue weighted by Gasteiger charge is 2.31. The summed E-state index contributed by atoms with van der Waals surface area (Å²) in [5.74, 6) is 1.23. The molecule has 202 valence electrons. The zero-order valence-electron chi connectivity index (χ0n) is 20.8. The van der Waals surface area contributed by atoms with Gasteiger partial charge in [-0.05, 0) is 60.0 Å². The van der Waals surface area contributed by atoms with Gasteiger partial charge in [-0.2, -0.15) is 13.2 Å². The fourth-order valence-electron chi connectivity index (χ4n) is 3.82. The van der Waals surface area contributed by atoms with Gasteiger partial charge in [0.05, 0.1) is 24.1 Å². The number of alkyl halides is 3. The van der Waals surface area contributed by atoms with Crippen LogP contribution in [0, 0.1) is 6.92 Å². The van der Waals surface area contributed by atoms with Gasteiger partial charge in [0.25, 0.3) is 0 Å². The SMILES string of the molecule is Cc1ccc(C(F)(F)F)cc1COc1cc(N(C=O)Cc2ccc3c(c2)OCO3)ccc1N(C)S(C)(=O)=O. The minimum absolute atomic E-state index is 0.0739. The zero-order chi connectivity index (χ0) is 27.7. The van der Waals surface area contributed by atoms with Gasteiger partial charge in [0.2, 0.25) is 23.2 Å². The number of benzene rings is 3. The van der Waals surface area contributed by atoms with Gasteiger partial charge in [0.1, 0.15) is 12.4 Å². The van der Waals surface area contributed by atoms with Crippen LogP contribution in [0.15, 0.2) is 54.6 Å². The van der Waals surface area contributed by atoms with Crippen molar-refractivity contribution in [3.63, 3.8) is 0 Å². The predicted octanol–water partition coefficient (Wildman–Crippen LogP) is 4.88. The Bertz CT molecular complexity index is 1460. The third-order valence-corrected chi connectivity index (χ3v) is 7.28. The van der Waals surface area contributed by atoms with Crippen LogP contribution in [0.1, 0.15) is 22.3 Å². The summed E-state index contributed by atoms with van der Waals surface area (Å²) >= 11 is 0. The van der Waals surface area contributed by atoms with Crippen LogP contribution < -0.4 is 23.4 Å². The number of carbonyl (C=O) groups excluding carboxylic acids is 1. The topological polar surface area (TPSA) is 85.4 Å². The molecule has 12 heteroatoms. The number of ether oxygens (including phenoxy) is 3. The van der Waals surface area contributed by atoms with Crippen LogP contribution in [0.2, 0.25) is 0 Å². The van der Waals surface area contributed by atoms with Gasteiger partial charge in [0, 0.05) is 18.8 Å². The van der Waals surface area contributed by atoms with Crippen LogP contribution in [0.5, 0.6) is 17.2 Å². The van der Waals surface area contributed by atoms with Crippen molar-refractivity contribution in [2.24, 2.45) is 0 Å². The van der Waals surface area contributed by atoms with Crippen molar-refractivity contribution in [1.29, 1.82) is 0 Å². The second-order valence-electron chi connectivity index (χ2n) is 8.73. The second-order valence-corrected chi connectivity index (χ2v) is 10.7. The van der Waals surface area contributed by atoms with E-state index >= 15 is 0 Å². The smallest absolute Gasteiger partial charge is 0.416 e. The fourth-order valence-corrected chi connectivity index (χ4v) is 4.33. The first-order valence-electron chi connectivity index (χ1n) is 11.3. The van der Waals surface area contributed by atoms with Crippen LogP contribution in [0.25, 0.3) is 0 Å². The molecule has 0 N–H and O–H groups in total. The van der Waals surface area contributed by atoms with Gasteiger partial charge in [-0.3, -0.25) is 9.10 Å². The summed E-state index contributed by atoms with van der Waals surface area (Å²) in [7, 11) is -2.36. The average Bonchev–Trinajstić information content (AvgIpc) is 3.33. The predicted molar refractivity (Wildman–Crippen MR) is 135 cm³/mol. The first-order chi connectivity index (χ1) is 17.9. The highest BCUT2D eigenvalue weighted by molar-refractivity contribution is 7.92. The number of halogens is 3. The van der Waals surface area contributed by atoms with E-state index in [0.717, 1.165) is 28.3 Å². The number of nitrogens with zero attached hydrogens (tertiary/aromatic N) is 2. The Kier molecular flexibility index (Phi) is 7.45. The Hall–Kier alpha value is -3.93. The number of hydrogen-bond donors (Lipinski definition) is 0. The molecule has 8 nitrogen and oxygen atoms in total. The van der Waals surface area contributed by atoms with Gasteiger partial charge in [-0.15, -0.1) is 0 Å². The monoisotopic (exact) mass is 550 g/mol. The maximum Gasteiger partial charge on any atom is 0.416 e. The molecule has 1 aliphatic heterocycles. The minimum atomic E-state index is -4.52. The molecule has 0 aliphatic carbocycles. The van der Waals surface area contributed by atoms with Gasteiger partial charge in [0.15, 0.2) is 11.5 Å². The van der Waals surface area contributed by atoms with Crippen molar-refractivity contribution in [1.82, 2.24) is 0 Å². The number of hydrogen-bond acceptors (Lipinski definition) is 6. The molecule has 0 spiro atoms. The summed E-state index contributed by atoms with van der Waals surface area (Å²) in [6, 6.07) is 13.1. The molecule has 3 aromatic rings. The molecule has 0 bridgehead atoms. The van der Waals surface area contributed by atoms with Gasteiger partial charge >= 0.3 is 6.18 Å². The molecule has 1 heterocycles. The van der Waals surface area contributed by atoms with Gasteiger partial charge in [-0.1, -0.05) is 12.1 Å². The number of fused-ring (bicyclic) bond motifs is 1. The highest BCUT2D eigenvalue weighted by atomic mass is 32.2. The summed E-state index contributed by atoms with van der Waals surface area (Å²) in [6.45, 7) is 1.66. The molecule has 0 radical (unpaired) electrons. The quantitative estimate of drug-likeness (QED) is 0.353. The molecule has 0 aromatic heterocycles. The highest BCUT2D eigenvalue weighted by Crippen LogP contribution is 2.37. The first-order valence-corrected chi connectivity index (χ1v) is 13.2. The molecular weight excluding hydrogens is 525 g/mol. The number of rotatable bonds is 9. The van der Waals surface area contributed by atoms with Crippen molar-refractivity contribution in [3.05, 3.63) is 76.9 Å². The average molecular weight is 551 g/mol. The lowest BCUT2D eigenvalue weighted by atomic mass is 10.1. The lowest BCUT2D eigenvalue weighted by Gasteiger charge is -2.24. The Labute approximate surface area is 218 Å². The van der Waals surface area contributed by atoms with E-state index in [1.807, 2.05) is 0 Å². The lowest BCUT2D eigenvalue weighted by Crippen LogP contribution is -2.26. The number of sulfonamides is 1. The van der Waals surface area contributed by atoms with Crippen molar-refractivity contribution in [2.75, 3.05) is 29.3 Å². The summed E-state index contributed by atoms with van der Waals surface area (Å²) in [4.78, 5) is 13.4. The molecule has 4 rings (SSSR count). The normalized spacial score (nSPS) is 12.8. The molecule has 3 aromatic carbocycles. The number of carbonyl (C=O) groups is 1. The summed E-state index contributed by atoms with van der Waals surface area (Å²) in [6.07, 6.45) is -2.90. The summed E-state index contributed by atoms with van der Waals surface area (Å²) < 4.78 is 81.7. The zero-order valence-corrected chi connectivity index (χ0v) is 21.6. The largest absolute Gasteiger partial charge is 0.487 e. The maximum absolute atomic E-state index is 13.2. The van der Waals surface area contributed by atoms with E-state index in [2.05, 4.69) is 0 Å². The minimum Gasteiger partial charge on any atom is -0.487 e. The molecule has 0 atom stereocenters. The fraction of sp³-hybridized carbons (Fsp3) is 0.269. The molecule has 1 amide bonds. The van der Waals surface area contributed by atoms with Crippen molar-refractivity contribution in [3.8, 4) is 17.2 Å². The van der Waals surface area contributed by atoms with E-state index in [9.17, 15) is 26.4 Å². The second kappa shape index (κ2) is 10.4. The molecule has 1 aliphatic rings. The standard InChI is InChI=1S/C26H25F3N2O6S/c1-17-4-6-20(26(27,28)29)11-19(17)14-35-24-12-21(7-8-22(24)30(2)38(3,33)34)31(15-32)13-18-5-9-23-25(10-18)37-16-36-23/h4-12,15H,13-14,16H2,1-3H3. The summed E-state index contributed by atoms with van der Waals surface area (Å²) in [5, 5.41) is 0. The number of amides is 1. The Morgan fingerprint density at radius 3 is 2.45 bits per heavy atom. The van der Waals surface area contributed by atoms with Crippen LogP contribution >= 0.6 is 0 Å².